The van der Waals surface area contributed by atoms with Crippen LogP contribution in [0.5, 0.6) is 0 Å². The molecule has 56 valence electrons. The zero-order valence-electron chi connectivity index (χ0n) is 6.92. The standard InChI is InChI=1S/C9H11BO/c1-7(11)8-3-5-9(10-2)6-4-8/h3-6,10H,1-2H3. The molecule has 0 saturated carbocycles. The minimum absolute atomic E-state index is 0.132. The Hall–Kier alpha value is -1.05. The van der Waals surface area contributed by atoms with Gasteiger partial charge < -0.3 is 0 Å². The van der Waals surface area contributed by atoms with Gasteiger partial charge in [-0.05, 0) is 6.92 Å². The van der Waals surface area contributed by atoms with E-state index in [1.54, 1.807) is 6.92 Å². The van der Waals surface area contributed by atoms with E-state index in [1.807, 2.05) is 24.3 Å². The van der Waals surface area contributed by atoms with Crippen LogP contribution in [0.2, 0.25) is 6.82 Å². The van der Waals surface area contributed by atoms with E-state index < -0.39 is 0 Å². The Balaban J connectivity index is 2.91. The Kier molecular flexibility index (Phi) is 2.47. The van der Waals surface area contributed by atoms with Gasteiger partial charge in [0.2, 0.25) is 0 Å². The molecule has 1 nitrogen and oxygen atoms in total. The van der Waals surface area contributed by atoms with E-state index in [0.717, 1.165) is 12.8 Å². The normalized spacial score (nSPS) is 9.27. The van der Waals surface area contributed by atoms with E-state index >= 15 is 0 Å². The van der Waals surface area contributed by atoms with Crippen molar-refractivity contribution in [3.8, 4) is 0 Å². The van der Waals surface area contributed by atoms with Gasteiger partial charge in [0.1, 0.15) is 0 Å². The zero-order valence-corrected chi connectivity index (χ0v) is 6.92. The maximum absolute atomic E-state index is 10.8. The summed E-state index contributed by atoms with van der Waals surface area (Å²) < 4.78 is 0. The molecule has 0 saturated heterocycles. The Morgan fingerprint density at radius 3 is 2.18 bits per heavy atom. The molecule has 0 aliphatic rings. The number of carbonyl (C=O) groups excluding carboxylic acids is 1. The van der Waals surface area contributed by atoms with Crippen LogP contribution in [0.3, 0.4) is 0 Å². The summed E-state index contributed by atoms with van der Waals surface area (Å²) in [6.45, 7) is 3.68. The summed E-state index contributed by atoms with van der Waals surface area (Å²) in [6.07, 6.45) is 0. The molecule has 0 amide bonds. The van der Waals surface area contributed by atoms with Gasteiger partial charge in [-0.25, -0.2) is 0 Å². The molecular weight excluding hydrogens is 135 g/mol. The van der Waals surface area contributed by atoms with Gasteiger partial charge >= 0.3 is 0 Å². The molecule has 0 bridgehead atoms. The summed E-state index contributed by atoms with van der Waals surface area (Å²) >= 11 is 0. The lowest BCUT2D eigenvalue weighted by molar-refractivity contribution is 0.101. The third-order valence-electron chi connectivity index (χ3n) is 1.77. The maximum atomic E-state index is 10.8. The number of rotatable bonds is 2. The van der Waals surface area contributed by atoms with Crippen molar-refractivity contribution in [2.45, 2.75) is 13.7 Å². The third-order valence-corrected chi connectivity index (χ3v) is 1.77. The molecule has 0 atom stereocenters. The van der Waals surface area contributed by atoms with Crippen LogP contribution in [-0.4, -0.2) is 13.1 Å². The van der Waals surface area contributed by atoms with E-state index in [-0.39, 0.29) is 5.78 Å². The molecule has 1 aromatic rings. The fourth-order valence-electron chi connectivity index (χ4n) is 0.975. The van der Waals surface area contributed by atoms with Crippen molar-refractivity contribution in [1.82, 2.24) is 0 Å². The Bertz CT molecular complexity index is 251. The van der Waals surface area contributed by atoms with E-state index in [2.05, 4.69) is 6.82 Å². The molecule has 0 heterocycles. The van der Waals surface area contributed by atoms with Gasteiger partial charge in [-0.2, -0.15) is 0 Å². The van der Waals surface area contributed by atoms with Gasteiger partial charge in [-0.1, -0.05) is 36.6 Å². The van der Waals surface area contributed by atoms with E-state index in [1.165, 1.54) is 5.46 Å². The summed E-state index contributed by atoms with van der Waals surface area (Å²) in [6, 6.07) is 7.75. The van der Waals surface area contributed by atoms with Crippen LogP contribution in [0.25, 0.3) is 0 Å². The van der Waals surface area contributed by atoms with Crippen molar-refractivity contribution in [2.24, 2.45) is 0 Å². The van der Waals surface area contributed by atoms with Crippen LogP contribution in [0.1, 0.15) is 17.3 Å². The fourth-order valence-corrected chi connectivity index (χ4v) is 0.975. The Morgan fingerprint density at radius 2 is 1.82 bits per heavy atom. The minimum Gasteiger partial charge on any atom is -0.295 e. The Morgan fingerprint density at radius 1 is 1.27 bits per heavy atom. The first-order chi connectivity index (χ1) is 5.24. The van der Waals surface area contributed by atoms with Crippen molar-refractivity contribution < 1.29 is 4.79 Å². The highest BCUT2D eigenvalue weighted by Gasteiger charge is 1.96. The Labute approximate surface area is 67.7 Å². The van der Waals surface area contributed by atoms with Crippen LogP contribution in [0, 0.1) is 0 Å². The second-order valence-electron chi connectivity index (χ2n) is 2.61. The molecule has 0 unspecified atom stereocenters. The van der Waals surface area contributed by atoms with Gasteiger partial charge in [-0.3, -0.25) is 4.79 Å². The summed E-state index contributed by atoms with van der Waals surface area (Å²) in [5.74, 6) is 0.132. The summed E-state index contributed by atoms with van der Waals surface area (Å²) in [5.41, 5.74) is 2.07. The SMILES string of the molecule is CBc1ccc(C(C)=O)cc1. The van der Waals surface area contributed by atoms with Crippen LogP contribution in [0.4, 0.5) is 0 Å². The number of carbonyl (C=O) groups is 1. The molecule has 0 aliphatic carbocycles. The van der Waals surface area contributed by atoms with Crippen LogP contribution in [0.15, 0.2) is 24.3 Å². The van der Waals surface area contributed by atoms with E-state index in [9.17, 15) is 4.79 Å². The highest BCUT2D eigenvalue weighted by molar-refractivity contribution is 6.51. The molecule has 0 spiro atoms. The summed E-state index contributed by atoms with van der Waals surface area (Å²) in [7, 11) is 1.03. The predicted octanol–water partition coefficient (Wildman–Crippen LogP) is 0.999. The minimum atomic E-state index is 0.132. The second kappa shape index (κ2) is 3.38. The average molecular weight is 146 g/mol. The molecule has 1 aromatic carbocycles. The van der Waals surface area contributed by atoms with Crippen molar-refractivity contribution >= 4 is 18.5 Å². The largest absolute Gasteiger partial charge is 0.295 e. The first-order valence-corrected chi connectivity index (χ1v) is 3.84. The first-order valence-electron chi connectivity index (χ1n) is 3.84. The van der Waals surface area contributed by atoms with Crippen LogP contribution < -0.4 is 5.46 Å². The fraction of sp³-hybridized carbons (Fsp3) is 0.222. The zero-order chi connectivity index (χ0) is 8.27. The highest BCUT2D eigenvalue weighted by Crippen LogP contribution is 1.96. The number of hydrogen-bond acceptors (Lipinski definition) is 1. The number of ketones is 1. The van der Waals surface area contributed by atoms with E-state index in [0.29, 0.717) is 0 Å². The molecule has 0 aromatic heterocycles. The van der Waals surface area contributed by atoms with Crippen LogP contribution in [-0.2, 0) is 0 Å². The molecule has 0 aliphatic heterocycles. The third kappa shape index (κ3) is 1.94. The van der Waals surface area contributed by atoms with Gasteiger partial charge in [0.25, 0.3) is 0 Å². The number of benzene rings is 1. The van der Waals surface area contributed by atoms with Crippen molar-refractivity contribution in [3.63, 3.8) is 0 Å². The monoisotopic (exact) mass is 146 g/mol. The topological polar surface area (TPSA) is 17.1 Å². The van der Waals surface area contributed by atoms with Crippen molar-refractivity contribution in [3.05, 3.63) is 29.8 Å². The first kappa shape index (κ1) is 8.06. The lowest BCUT2D eigenvalue weighted by Crippen LogP contribution is -2.09. The second-order valence-corrected chi connectivity index (χ2v) is 2.61. The summed E-state index contributed by atoms with van der Waals surface area (Å²) in [5, 5.41) is 0. The lowest BCUT2D eigenvalue weighted by atomic mass is 9.73. The highest BCUT2D eigenvalue weighted by atomic mass is 16.1. The van der Waals surface area contributed by atoms with Gasteiger partial charge in [0.05, 0.1) is 0 Å². The van der Waals surface area contributed by atoms with Gasteiger partial charge in [-0.15, -0.1) is 0 Å². The number of Topliss-reactive ketones (excluding diaryl/α,β-unsaturated/α-hetero) is 1. The average Bonchev–Trinajstić information content (AvgIpc) is 2.05. The molecule has 0 fully saturated rings. The molecule has 2 heteroatoms. The van der Waals surface area contributed by atoms with E-state index in [4.69, 9.17) is 0 Å². The predicted molar refractivity (Wildman–Crippen MR) is 49.1 cm³/mol. The van der Waals surface area contributed by atoms with Crippen molar-refractivity contribution in [2.75, 3.05) is 0 Å². The molecule has 11 heavy (non-hydrogen) atoms. The molecule has 0 radical (unpaired) electrons. The smallest absolute Gasteiger partial charge is 0.159 e. The summed E-state index contributed by atoms with van der Waals surface area (Å²) in [4.78, 5) is 10.8. The van der Waals surface area contributed by atoms with Gasteiger partial charge in [0.15, 0.2) is 13.1 Å². The molecular formula is C9H11BO. The van der Waals surface area contributed by atoms with Crippen molar-refractivity contribution in [1.29, 1.82) is 0 Å². The maximum Gasteiger partial charge on any atom is 0.159 e. The quantitative estimate of drug-likeness (QED) is 0.449. The molecule has 1 rings (SSSR count). The molecule has 0 N–H and O–H groups in total. The number of hydrogen-bond donors (Lipinski definition) is 0. The van der Waals surface area contributed by atoms with Gasteiger partial charge in [0, 0.05) is 5.56 Å². The van der Waals surface area contributed by atoms with Crippen LogP contribution >= 0.6 is 0 Å². The lowest BCUT2D eigenvalue weighted by Gasteiger charge is -1.96.